The smallest absolute Gasteiger partial charge is 0.134 e. The Bertz CT molecular complexity index is 538. The van der Waals surface area contributed by atoms with Crippen LogP contribution in [-0.2, 0) is 0 Å². The normalized spacial score (nSPS) is 14.7. The van der Waals surface area contributed by atoms with Crippen molar-refractivity contribution in [2.45, 2.75) is 26.3 Å². The topological polar surface area (TPSA) is 45.4 Å². The second-order valence-corrected chi connectivity index (χ2v) is 5.99. The lowest BCUT2D eigenvalue weighted by molar-refractivity contribution is 0.257. The van der Waals surface area contributed by atoms with Gasteiger partial charge in [0.25, 0.3) is 0 Å². The average Bonchev–Trinajstić information content (AvgIpc) is 2.79. The number of aliphatic hydroxyl groups excluding tert-OH is 1. The van der Waals surface area contributed by atoms with Gasteiger partial charge in [-0.05, 0) is 50.1 Å². The molecule has 0 aliphatic heterocycles. The molecule has 104 valence electrons. The lowest BCUT2D eigenvalue weighted by atomic mass is 10.1. The van der Waals surface area contributed by atoms with Crippen molar-refractivity contribution in [1.82, 2.24) is 5.32 Å². The lowest BCUT2D eigenvalue weighted by Gasteiger charge is -2.15. The molecule has 2 atom stereocenters. The molecule has 0 radical (unpaired) electrons. The number of aliphatic hydroxyl groups is 1. The monoisotopic (exact) mass is 325 g/mol. The van der Waals surface area contributed by atoms with Gasteiger partial charge in [0.2, 0.25) is 0 Å². The molecule has 3 nitrogen and oxygen atoms in total. The molecule has 2 unspecified atom stereocenters. The van der Waals surface area contributed by atoms with E-state index >= 15 is 0 Å². The fourth-order valence-corrected chi connectivity index (χ4v) is 2.43. The summed E-state index contributed by atoms with van der Waals surface area (Å²) in [4.78, 5) is 0. The maximum Gasteiger partial charge on any atom is 0.134 e. The lowest BCUT2D eigenvalue weighted by Crippen LogP contribution is -2.24. The molecule has 4 heteroatoms. The zero-order chi connectivity index (χ0) is 13.8. The summed E-state index contributed by atoms with van der Waals surface area (Å²) >= 11 is 3.46. The molecule has 19 heavy (non-hydrogen) atoms. The quantitative estimate of drug-likeness (QED) is 0.847. The number of rotatable bonds is 6. The van der Waals surface area contributed by atoms with E-state index in [0.29, 0.717) is 5.92 Å². The summed E-state index contributed by atoms with van der Waals surface area (Å²) < 4.78 is 6.90. The first-order valence-electron chi connectivity index (χ1n) is 6.63. The molecule has 0 aliphatic rings. The third kappa shape index (κ3) is 3.81. The van der Waals surface area contributed by atoms with Crippen LogP contribution in [-0.4, -0.2) is 18.3 Å². The van der Waals surface area contributed by atoms with Gasteiger partial charge in [0.05, 0.1) is 6.04 Å². The molecule has 0 bridgehead atoms. The Morgan fingerprint density at radius 1 is 1.32 bits per heavy atom. The van der Waals surface area contributed by atoms with Gasteiger partial charge in [0.1, 0.15) is 11.3 Å². The Hall–Kier alpha value is -0.840. The fraction of sp³-hybridized carbons (Fsp3) is 0.467. The molecule has 2 rings (SSSR count). The Labute approximate surface area is 122 Å². The molecule has 0 spiro atoms. The Balaban J connectivity index is 2.02. The largest absolute Gasteiger partial charge is 0.459 e. The highest BCUT2D eigenvalue weighted by atomic mass is 79.9. The summed E-state index contributed by atoms with van der Waals surface area (Å²) in [6.45, 7) is 5.35. The van der Waals surface area contributed by atoms with Crippen molar-refractivity contribution in [2.75, 3.05) is 13.2 Å². The Morgan fingerprint density at radius 3 is 2.84 bits per heavy atom. The van der Waals surface area contributed by atoms with E-state index in [1.54, 1.807) is 0 Å². The molecule has 1 aromatic heterocycles. The molecule has 0 saturated carbocycles. The Morgan fingerprint density at radius 2 is 2.11 bits per heavy atom. The predicted octanol–water partition coefficient (Wildman–Crippen LogP) is 3.86. The number of nitrogens with one attached hydrogen (secondary N) is 1. The zero-order valence-corrected chi connectivity index (χ0v) is 12.9. The summed E-state index contributed by atoms with van der Waals surface area (Å²) in [5.41, 5.74) is 0.912. The standard InChI is InChI=1S/C15H20BrNO2/c1-10(5-6-18)9-17-11(2)15-8-12-7-13(16)3-4-14(12)19-15/h3-4,7-8,10-11,17-18H,5-6,9H2,1-2H3. The van der Waals surface area contributed by atoms with Gasteiger partial charge in [-0.3, -0.25) is 0 Å². The van der Waals surface area contributed by atoms with Crippen molar-refractivity contribution < 1.29 is 9.52 Å². The maximum atomic E-state index is 8.89. The predicted molar refractivity (Wildman–Crippen MR) is 81.2 cm³/mol. The summed E-state index contributed by atoms with van der Waals surface area (Å²) in [7, 11) is 0. The molecular formula is C15H20BrNO2. The third-order valence-corrected chi connectivity index (χ3v) is 3.81. The first-order chi connectivity index (χ1) is 9.10. The molecule has 2 aromatic rings. The first kappa shape index (κ1) is 14.6. The molecule has 2 N–H and O–H groups in total. The number of furan rings is 1. The van der Waals surface area contributed by atoms with Crippen molar-refractivity contribution in [3.63, 3.8) is 0 Å². The molecule has 0 saturated heterocycles. The van der Waals surface area contributed by atoms with Crippen LogP contribution in [0.3, 0.4) is 0 Å². The van der Waals surface area contributed by atoms with Gasteiger partial charge in [-0.1, -0.05) is 22.9 Å². The summed E-state index contributed by atoms with van der Waals surface area (Å²) in [5, 5.41) is 13.4. The average molecular weight is 326 g/mol. The summed E-state index contributed by atoms with van der Waals surface area (Å²) in [5.74, 6) is 1.41. The van der Waals surface area contributed by atoms with Crippen molar-refractivity contribution in [1.29, 1.82) is 0 Å². The van der Waals surface area contributed by atoms with Crippen molar-refractivity contribution in [3.05, 3.63) is 34.5 Å². The molecule has 0 aliphatic carbocycles. The highest BCUT2D eigenvalue weighted by Gasteiger charge is 2.12. The minimum Gasteiger partial charge on any atom is -0.459 e. The summed E-state index contributed by atoms with van der Waals surface area (Å²) in [6, 6.07) is 8.27. The van der Waals surface area contributed by atoms with Crippen LogP contribution in [0.5, 0.6) is 0 Å². The number of fused-ring (bicyclic) bond motifs is 1. The second-order valence-electron chi connectivity index (χ2n) is 5.08. The number of benzene rings is 1. The van der Waals surface area contributed by atoms with Gasteiger partial charge >= 0.3 is 0 Å². The van der Waals surface area contributed by atoms with E-state index in [9.17, 15) is 0 Å². The molecule has 0 fully saturated rings. The molecular weight excluding hydrogens is 306 g/mol. The van der Waals surface area contributed by atoms with Crippen LogP contribution in [0.2, 0.25) is 0 Å². The van der Waals surface area contributed by atoms with E-state index in [4.69, 9.17) is 9.52 Å². The van der Waals surface area contributed by atoms with E-state index < -0.39 is 0 Å². The summed E-state index contributed by atoms with van der Waals surface area (Å²) in [6.07, 6.45) is 0.826. The highest BCUT2D eigenvalue weighted by molar-refractivity contribution is 9.10. The van der Waals surface area contributed by atoms with Crippen LogP contribution in [0.1, 0.15) is 32.1 Å². The molecule has 0 amide bonds. The number of hydrogen-bond donors (Lipinski definition) is 2. The molecule has 1 heterocycles. The van der Waals surface area contributed by atoms with Crippen molar-refractivity contribution >= 4 is 26.9 Å². The fourth-order valence-electron chi connectivity index (χ4n) is 2.05. The minimum absolute atomic E-state index is 0.173. The first-order valence-corrected chi connectivity index (χ1v) is 7.42. The van der Waals surface area contributed by atoms with Crippen LogP contribution in [0.4, 0.5) is 0 Å². The zero-order valence-electron chi connectivity index (χ0n) is 11.3. The van der Waals surface area contributed by atoms with Crippen molar-refractivity contribution in [3.8, 4) is 0 Å². The number of halogens is 1. The van der Waals surface area contributed by atoms with E-state index in [2.05, 4.69) is 47.2 Å². The van der Waals surface area contributed by atoms with Gasteiger partial charge in [0, 0.05) is 16.5 Å². The SMILES string of the molecule is CC(CCO)CNC(C)c1cc2cc(Br)ccc2o1. The van der Waals surface area contributed by atoms with Gasteiger partial charge in [0.15, 0.2) is 0 Å². The highest BCUT2D eigenvalue weighted by Crippen LogP contribution is 2.26. The minimum atomic E-state index is 0.173. The van der Waals surface area contributed by atoms with E-state index in [1.165, 1.54) is 0 Å². The van der Waals surface area contributed by atoms with Crippen LogP contribution in [0.15, 0.2) is 33.2 Å². The molecule has 1 aromatic carbocycles. The van der Waals surface area contributed by atoms with Gasteiger partial charge < -0.3 is 14.8 Å². The maximum absolute atomic E-state index is 8.89. The van der Waals surface area contributed by atoms with Crippen LogP contribution >= 0.6 is 15.9 Å². The van der Waals surface area contributed by atoms with Gasteiger partial charge in [-0.15, -0.1) is 0 Å². The van der Waals surface area contributed by atoms with E-state index in [1.807, 2.05) is 12.1 Å². The second kappa shape index (κ2) is 6.55. The van der Waals surface area contributed by atoms with Crippen LogP contribution < -0.4 is 5.32 Å². The van der Waals surface area contributed by atoms with Gasteiger partial charge in [-0.25, -0.2) is 0 Å². The van der Waals surface area contributed by atoms with Crippen LogP contribution in [0.25, 0.3) is 11.0 Å². The van der Waals surface area contributed by atoms with Crippen LogP contribution in [0, 0.1) is 5.92 Å². The van der Waals surface area contributed by atoms with Crippen molar-refractivity contribution in [2.24, 2.45) is 5.92 Å². The third-order valence-electron chi connectivity index (χ3n) is 3.32. The Kier molecular flexibility index (Phi) is 5.02. The van der Waals surface area contributed by atoms with Gasteiger partial charge in [-0.2, -0.15) is 0 Å². The van der Waals surface area contributed by atoms with E-state index in [0.717, 1.165) is 34.2 Å². The number of hydrogen-bond acceptors (Lipinski definition) is 3. The van der Waals surface area contributed by atoms with E-state index in [-0.39, 0.29) is 12.6 Å².